The van der Waals surface area contributed by atoms with Gasteiger partial charge in [0, 0.05) is 5.56 Å². The Balaban J connectivity index is 1.73. The summed E-state index contributed by atoms with van der Waals surface area (Å²) in [6.07, 6.45) is 5.16. The van der Waals surface area contributed by atoms with E-state index in [-0.39, 0.29) is 12.2 Å². The number of nitrogens with one attached hydrogen (secondary N) is 2. The molecule has 1 heterocycles. The van der Waals surface area contributed by atoms with E-state index in [1.807, 2.05) is 0 Å². The molecule has 0 unspecified atom stereocenters. The quantitative estimate of drug-likeness (QED) is 0.332. The number of hydrogen-bond donors (Lipinski definition) is 2. The molecule has 3 rings (SSSR count). The lowest BCUT2D eigenvalue weighted by Gasteiger charge is -2.11. The van der Waals surface area contributed by atoms with Gasteiger partial charge in [-0.2, -0.15) is 0 Å². The minimum absolute atomic E-state index is 0.111. The van der Waals surface area contributed by atoms with Crippen molar-refractivity contribution in [1.29, 1.82) is 0 Å². The minimum atomic E-state index is -0.435. The molecule has 0 saturated heterocycles. The number of methoxy groups -OCH3 is 1. The molecular formula is C26H28N2O5. The van der Waals surface area contributed by atoms with Crippen LogP contribution in [0.3, 0.4) is 0 Å². The van der Waals surface area contributed by atoms with Crippen LogP contribution in [0.15, 0.2) is 77.0 Å². The maximum atomic E-state index is 12.9. The van der Waals surface area contributed by atoms with Crippen LogP contribution in [0.1, 0.15) is 41.4 Å². The zero-order chi connectivity index (χ0) is 23.5. The number of unbranched alkanes of at least 4 members (excludes halogenated alkanes) is 1. The molecule has 33 heavy (non-hydrogen) atoms. The first-order valence-electron chi connectivity index (χ1n) is 10.8. The first-order valence-corrected chi connectivity index (χ1v) is 10.8. The van der Waals surface area contributed by atoms with Crippen molar-refractivity contribution in [2.75, 3.05) is 13.7 Å². The number of rotatable bonds is 11. The summed E-state index contributed by atoms with van der Waals surface area (Å²) in [6, 6.07) is 17.5. The summed E-state index contributed by atoms with van der Waals surface area (Å²) in [5.74, 6) is 1.17. The molecule has 7 heteroatoms. The van der Waals surface area contributed by atoms with Crippen LogP contribution in [-0.4, -0.2) is 25.5 Å². The standard InChI is InChI=1S/C26H28N2O5/c1-3-4-15-32-22-13-9-20(10-14-22)25(29)28-24(17-19-7-11-21(31-2)12-8-19)26(30)27-18-23-6-5-16-33-23/h5-14,16-17H,3-4,15,18H2,1-2H3,(H,27,30)(H,28,29)/b24-17+. The average molecular weight is 449 g/mol. The van der Waals surface area contributed by atoms with Gasteiger partial charge in [0.1, 0.15) is 23.0 Å². The van der Waals surface area contributed by atoms with Gasteiger partial charge in [0.15, 0.2) is 0 Å². The van der Waals surface area contributed by atoms with E-state index in [0.717, 1.165) is 18.4 Å². The van der Waals surface area contributed by atoms with Crippen molar-refractivity contribution in [3.63, 3.8) is 0 Å². The third-order valence-corrected chi connectivity index (χ3v) is 4.81. The third kappa shape index (κ3) is 7.28. The molecule has 0 radical (unpaired) electrons. The van der Waals surface area contributed by atoms with Crippen LogP contribution < -0.4 is 20.1 Å². The van der Waals surface area contributed by atoms with Crippen LogP contribution in [0.5, 0.6) is 11.5 Å². The van der Waals surface area contributed by atoms with Crippen molar-refractivity contribution >= 4 is 17.9 Å². The summed E-state index contributed by atoms with van der Waals surface area (Å²) in [7, 11) is 1.58. The summed E-state index contributed by atoms with van der Waals surface area (Å²) in [5, 5.41) is 5.48. The van der Waals surface area contributed by atoms with Gasteiger partial charge in [-0.25, -0.2) is 0 Å². The number of ether oxygens (including phenoxy) is 2. The predicted octanol–water partition coefficient (Wildman–Crippen LogP) is 4.55. The third-order valence-electron chi connectivity index (χ3n) is 4.81. The second kappa shape index (κ2) is 12.1. The zero-order valence-electron chi connectivity index (χ0n) is 18.8. The van der Waals surface area contributed by atoms with E-state index >= 15 is 0 Å². The van der Waals surface area contributed by atoms with Gasteiger partial charge < -0.3 is 24.5 Å². The number of hydrogen-bond acceptors (Lipinski definition) is 5. The van der Waals surface area contributed by atoms with Crippen LogP contribution in [-0.2, 0) is 11.3 Å². The summed E-state index contributed by atoms with van der Waals surface area (Å²) in [4.78, 5) is 25.7. The Hall–Kier alpha value is -4.00. The van der Waals surface area contributed by atoms with Gasteiger partial charge in [0.25, 0.3) is 11.8 Å². The average Bonchev–Trinajstić information content (AvgIpc) is 3.37. The van der Waals surface area contributed by atoms with Gasteiger partial charge in [-0.05, 0) is 66.6 Å². The maximum absolute atomic E-state index is 12.9. The lowest BCUT2D eigenvalue weighted by molar-refractivity contribution is -0.118. The lowest BCUT2D eigenvalue weighted by Crippen LogP contribution is -2.34. The second-order valence-electron chi connectivity index (χ2n) is 7.27. The highest BCUT2D eigenvalue weighted by atomic mass is 16.5. The molecule has 0 saturated carbocycles. The number of carbonyl (C=O) groups is 2. The smallest absolute Gasteiger partial charge is 0.268 e. The molecule has 0 spiro atoms. The Morgan fingerprint density at radius 3 is 2.36 bits per heavy atom. The first-order chi connectivity index (χ1) is 16.1. The highest BCUT2D eigenvalue weighted by Crippen LogP contribution is 2.16. The fraction of sp³-hybridized carbons (Fsp3) is 0.231. The predicted molar refractivity (Wildman–Crippen MR) is 126 cm³/mol. The molecule has 0 aliphatic carbocycles. The molecule has 2 aromatic carbocycles. The van der Waals surface area contributed by atoms with Crippen LogP contribution >= 0.6 is 0 Å². The van der Waals surface area contributed by atoms with Crippen molar-refractivity contribution in [3.8, 4) is 11.5 Å². The van der Waals surface area contributed by atoms with Crippen LogP contribution in [0.25, 0.3) is 6.08 Å². The Kier molecular flexibility index (Phi) is 8.71. The summed E-state index contributed by atoms with van der Waals surface area (Å²) in [6.45, 7) is 2.93. The zero-order valence-corrected chi connectivity index (χ0v) is 18.8. The molecule has 0 fully saturated rings. The highest BCUT2D eigenvalue weighted by molar-refractivity contribution is 6.05. The maximum Gasteiger partial charge on any atom is 0.268 e. The summed E-state index contributed by atoms with van der Waals surface area (Å²) < 4.78 is 16.1. The minimum Gasteiger partial charge on any atom is -0.497 e. The summed E-state index contributed by atoms with van der Waals surface area (Å²) in [5.41, 5.74) is 1.26. The monoisotopic (exact) mass is 448 g/mol. The van der Waals surface area contributed by atoms with Gasteiger partial charge in [-0.15, -0.1) is 0 Å². The number of furan rings is 1. The summed E-state index contributed by atoms with van der Waals surface area (Å²) >= 11 is 0. The van der Waals surface area contributed by atoms with Crippen molar-refractivity contribution in [1.82, 2.24) is 10.6 Å². The van der Waals surface area contributed by atoms with E-state index in [2.05, 4.69) is 17.6 Å². The fourth-order valence-electron chi connectivity index (χ4n) is 2.93. The molecule has 0 bridgehead atoms. The molecule has 1 aromatic heterocycles. The lowest BCUT2D eigenvalue weighted by atomic mass is 10.1. The molecular weight excluding hydrogens is 420 g/mol. The Labute approximate surface area is 193 Å². The van der Waals surface area contributed by atoms with Crippen molar-refractivity contribution in [3.05, 3.63) is 89.5 Å². The number of carbonyl (C=O) groups excluding carboxylic acids is 2. The van der Waals surface area contributed by atoms with Crippen LogP contribution in [0.4, 0.5) is 0 Å². The van der Waals surface area contributed by atoms with Gasteiger partial charge in [0.2, 0.25) is 0 Å². The van der Waals surface area contributed by atoms with E-state index in [1.54, 1.807) is 73.8 Å². The van der Waals surface area contributed by atoms with Crippen molar-refractivity contribution in [2.24, 2.45) is 0 Å². The topological polar surface area (TPSA) is 89.8 Å². The van der Waals surface area contributed by atoms with E-state index in [9.17, 15) is 9.59 Å². The van der Waals surface area contributed by atoms with Gasteiger partial charge in [0.05, 0.1) is 26.5 Å². The van der Waals surface area contributed by atoms with Crippen molar-refractivity contribution < 1.29 is 23.5 Å². The van der Waals surface area contributed by atoms with Gasteiger partial charge in [-0.1, -0.05) is 25.5 Å². The normalized spacial score (nSPS) is 11.0. The Bertz CT molecular complexity index is 1060. The highest BCUT2D eigenvalue weighted by Gasteiger charge is 2.15. The SMILES string of the molecule is CCCCOc1ccc(C(=O)N/C(=C/c2ccc(OC)cc2)C(=O)NCc2ccco2)cc1. The second-order valence-corrected chi connectivity index (χ2v) is 7.27. The van der Waals surface area contributed by atoms with Crippen molar-refractivity contribution in [2.45, 2.75) is 26.3 Å². The Morgan fingerprint density at radius 1 is 1.00 bits per heavy atom. The number of benzene rings is 2. The van der Waals surface area contributed by atoms with Crippen LogP contribution in [0, 0.1) is 0 Å². The first kappa shape index (κ1) is 23.7. The molecule has 2 N–H and O–H groups in total. The molecule has 0 aliphatic heterocycles. The van der Waals surface area contributed by atoms with E-state index in [1.165, 1.54) is 6.26 Å². The van der Waals surface area contributed by atoms with E-state index in [0.29, 0.717) is 29.4 Å². The largest absolute Gasteiger partial charge is 0.497 e. The van der Waals surface area contributed by atoms with Gasteiger partial charge in [-0.3, -0.25) is 9.59 Å². The molecule has 7 nitrogen and oxygen atoms in total. The fourth-order valence-corrected chi connectivity index (χ4v) is 2.93. The molecule has 172 valence electrons. The van der Waals surface area contributed by atoms with Crippen LogP contribution in [0.2, 0.25) is 0 Å². The van der Waals surface area contributed by atoms with E-state index in [4.69, 9.17) is 13.9 Å². The Morgan fingerprint density at radius 2 is 1.73 bits per heavy atom. The molecule has 0 aliphatic rings. The molecule has 3 aromatic rings. The van der Waals surface area contributed by atoms with E-state index < -0.39 is 11.8 Å². The molecule has 0 atom stereocenters. The molecule has 2 amide bonds. The number of amides is 2. The van der Waals surface area contributed by atoms with Gasteiger partial charge >= 0.3 is 0 Å².